The van der Waals surface area contributed by atoms with Crippen LogP contribution in [0.1, 0.15) is 18.0 Å². The lowest BCUT2D eigenvalue weighted by atomic mass is 10.0. The van der Waals surface area contributed by atoms with Crippen molar-refractivity contribution in [1.82, 2.24) is 0 Å². The summed E-state index contributed by atoms with van der Waals surface area (Å²) < 4.78 is 25.9. The molecular formula is C9H8ClF2NO2. The first-order valence-corrected chi connectivity index (χ1v) is 4.41. The maximum absolute atomic E-state index is 13.0. The lowest BCUT2D eigenvalue weighted by Crippen LogP contribution is -2.15. The molecule has 0 saturated heterocycles. The Balaban J connectivity index is 3.00. The van der Waals surface area contributed by atoms with E-state index in [1.54, 1.807) is 0 Å². The molecule has 0 aliphatic rings. The monoisotopic (exact) mass is 235 g/mol. The first kappa shape index (κ1) is 11.9. The Morgan fingerprint density at radius 1 is 1.47 bits per heavy atom. The minimum absolute atomic E-state index is 0.0665. The summed E-state index contributed by atoms with van der Waals surface area (Å²) in [6.45, 7) is 0. The van der Waals surface area contributed by atoms with Gasteiger partial charge in [0, 0.05) is 6.04 Å². The fraction of sp³-hybridized carbons (Fsp3) is 0.222. The van der Waals surface area contributed by atoms with Crippen LogP contribution in [0.4, 0.5) is 8.78 Å². The minimum atomic E-state index is -1.14. The van der Waals surface area contributed by atoms with Crippen molar-refractivity contribution in [3.8, 4) is 0 Å². The molecule has 1 aromatic rings. The zero-order valence-corrected chi connectivity index (χ0v) is 8.26. The highest BCUT2D eigenvalue weighted by molar-refractivity contribution is 6.30. The summed E-state index contributed by atoms with van der Waals surface area (Å²) in [5, 5.41) is 7.82. The lowest BCUT2D eigenvalue weighted by Gasteiger charge is -2.10. The van der Waals surface area contributed by atoms with E-state index in [-0.39, 0.29) is 5.56 Å². The topological polar surface area (TPSA) is 63.3 Å². The second-order valence-corrected chi connectivity index (χ2v) is 3.38. The molecule has 0 aliphatic heterocycles. The second-order valence-electron chi connectivity index (χ2n) is 3.00. The highest BCUT2D eigenvalue weighted by atomic mass is 35.5. The molecule has 0 saturated carbocycles. The molecule has 0 heterocycles. The number of hydrogen-bond donors (Lipinski definition) is 2. The van der Waals surface area contributed by atoms with Crippen LogP contribution in [0.15, 0.2) is 12.1 Å². The number of aliphatic carboxylic acids is 1. The van der Waals surface area contributed by atoms with Crippen LogP contribution in [0.25, 0.3) is 0 Å². The summed E-state index contributed by atoms with van der Waals surface area (Å²) in [7, 11) is 0. The molecule has 0 bridgehead atoms. The summed E-state index contributed by atoms with van der Waals surface area (Å²) in [5.41, 5.74) is 5.49. The molecule has 6 heteroatoms. The van der Waals surface area contributed by atoms with E-state index >= 15 is 0 Å². The summed E-state index contributed by atoms with van der Waals surface area (Å²) in [4.78, 5) is 10.3. The van der Waals surface area contributed by atoms with Crippen molar-refractivity contribution in [2.45, 2.75) is 12.5 Å². The lowest BCUT2D eigenvalue weighted by molar-refractivity contribution is -0.137. The third-order valence-electron chi connectivity index (χ3n) is 1.83. The Bertz CT molecular complexity index is 375. The van der Waals surface area contributed by atoms with Crippen molar-refractivity contribution < 1.29 is 18.7 Å². The van der Waals surface area contributed by atoms with E-state index in [4.69, 9.17) is 22.4 Å². The molecule has 0 radical (unpaired) electrons. The van der Waals surface area contributed by atoms with Gasteiger partial charge in [-0.15, -0.1) is 0 Å². The molecular weight excluding hydrogens is 228 g/mol. The molecule has 3 nitrogen and oxygen atoms in total. The average Bonchev–Trinajstić information content (AvgIpc) is 2.12. The first-order chi connectivity index (χ1) is 6.91. The van der Waals surface area contributed by atoms with E-state index in [2.05, 4.69) is 0 Å². The van der Waals surface area contributed by atoms with Gasteiger partial charge in [-0.3, -0.25) is 4.79 Å². The molecule has 82 valence electrons. The third kappa shape index (κ3) is 2.87. The van der Waals surface area contributed by atoms with Crippen LogP contribution in [0.2, 0.25) is 5.02 Å². The molecule has 3 N–H and O–H groups in total. The minimum Gasteiger partial charge on any atom is -0.481 e. The molecule has 1 unspecified atom stereocenters. The quantitative estimate of drug-likeness (QED) is 0.789. The van der Waals surface area contributed by atoms with Gasteiger partial charge in [0.25, 0.3) is 0 Å². The molecule has 0 spiro atoms. The highest BCUT2D eigenvalue weighted by Gasteiger charge is 2.15. The Morgan fingerprint density at radius 3 is 2.33 bits per heavy atom. The number of rotatable bonds is 3. The molecule has 1 aromatic carbocycles. The molecule has 0 aromatic heterocycles. The van der Waals surface area contributed by atoms with Crippen LogP contribution >= 0.6 is 11.6 Å². The number of carbonyl (C=O) groups is 1. The summed E-state index contributed by atoms with van der Waals surface area (Å²) in [5.74, 6) is -3.04. The van der Waals surface area contributed by atoms with Gasteiger partial charge in [0.1, 0.15) is 16.7 Å². The Kier molecular flexibility index (Phi) is 3.60. The molecule has 0 amide bonds. The normalized spacial score (nSPS) is 12.5. The van der Waals surface area contributed by atoms with Crippen LogP contribution < -0.4 is 5.73 Å². The van der Waals surface area contributed by atoms with Crippen molar-refractivity contribution in [2.75, 3.05) is 0 Å². The van der Waals surface area contributed by atoms with E-state index in [1.807, 2.05) is 0 Å². The molecule has 1 atom stereocenters. The standard InChI is InChI=1S/C9H8ClF2NO2/c10-9-5(11)1-4(2-6(9)12)7(13)3-8(14)15/h1-2,7H,3,13H2,(H,14,15). The van der Waals surface area contributed by atoms with Crippen LogP contribution in [-0.4, -0.2) is 11.1 Å². The van der Waals surface area contributed by atoms with E-state index in [1.165, 1.54) is 0 Å². The predicted octanol–water partition coefficient (Wildman–Crippen LogP) is 2.09. The van der Waals surface area contributed by atoms with Crippen LogP contribution in [0, 0.1) is 11.6 Å². The zero-order chi connectivity index (χ0) is 11.6. The summed E-state index contributed by atoms with van der Waals surface area (Å²) in [6, 6.07) is 0.904. The maximum atomic E-state index is 13.0. The number of hydrogen-bond acceptors (Lipinski definition) is 2. The van der Waals surface area contributed by atoms with Gasteiger partial charge in [-0.1, -0.05) is 11.6 Å². The van der Waals surface area contributed by atoms with E-state index < -0.39 is 35.1 Å². The summed E-state index contributed by atoms with van der Waals surface area (Å²) in [6.07, 6.45) is -0.402. The zero-order valence-electron chi connectivity index (χ0n) is 7.51. The smallest absolute Gasteiger partial charge is 0.305 e. The van der Waals surface area contributed by atoms with Crippen molar-refractivity contribution in [3.63, 3.8) is 0 Å². The molecule has 15 heavy (non-hydrogen) atoms. The van der Waals surface area contributed by atoms with Gasteiger partial charge in [-0.25, -0.2) is 8.78 Å². The molecule has 1 rings (SSSR count). The number of carboxylic acid groups (broad SMARTS) is 1. The SMILES string of the molecule is NC(CC(=O)O)c1cc(F)c(Cl)c(F)c1. The number of nitrogens with two attached hydrogens (primary N) is 1. The number of benzene rings is 1. The van der Waals surface area contributed by atoms with Crippen molar-refractivity contribution in [1.29, 1.82) is 0 Å². The van der Waals surface area contributed by atoms with Crippen LogP contribution in [0.5, 0.6) is 0 Å². The Hall–Kier alpha value is -1.20. The van der Waals surface area contributed by atoms with Crippen LogP contribution in [0.3, 0.4) is 0 Å². The second kappa shape index (κ2) is 4.55. The fourth-order valence-corrected chi connectivity index (χ4v) is 1.20. The van der Waals surface area contributed by atoms with E-state index in [0.717, 1.165) is 12.1 Å². The van der Waals surface area contributed by atoms with Crippen molar-refractivity contribution in [3.05, 3.63) is 34.4 Å². The fourth-order valence-electron chi connectivity index (χ4n) is 1.10. The van der Waals surface area contributed by atoms with Gasteiger partial charge in [0.05, 0.1) is 6.42 Å². The van der Waals surface area contributed by atoms with Gasteiger partial charge in [0.2, 0.25) is 0 Å². The average molecular weight is 236 g/mol. The number of halogens is 3. The van der Waals surface area contributed by atoms with Gasteiger partial charge >= 0.3 is 5.97 Å². The maximum Gasteiger partial charge on any atom is 0.305 e. The van der Waals surface area contributed by atoms with Gasteiger partial charge in [-0.2, -0.15) is 0 Å². The highest BCUT2D eigenvalue weighted by Crippen LogP contribution is 2.24. The predicted molar refractivity (Wildman–Crippen MR) is 50.5 cm³/mol. The van der Waals surface area contributed by atoms with Crippen molar-refractivity contribution >= 4 is 17.6 Å². The van der Waals surface area contributed by atoms with E-state index in [9.17, 15) is 13.6 Å². The largest absolute Gasteiger partial charge is 0.481 e. The third-order valence-corrected chi connectivity index (χ3v) is 2.19. The van der Waals surface area contributed by atoms with Crippen molar-refractivity contribution in [2.24, 2.45) is 5.73 Å². The van der Waals surface area contributed by atoms with Gasteiger partial charge < -0.3 is 10.8 Å². The Morgan fingerprint density at radius 2 is 1.93 bits per heavy atom. The van der Waals surface area contributed by atoms with Gasteiger partial charge in [0.15, 0.2) is 0 Å². The molecule has 0 aliphatic carbocycles. The van der Waals surface area contributed by atoms with Crippen LogP contribution in [-0.2, 0) is 4.79 Å². The van der Waals surface area contributed by atoms with E-state index in [0.29, 0.717) is 0 Å². The molecule has 0 fully saturated rings. The summed E-state index contributed by atoms with van der Waals surface area (Å²) >= 11 is 5.25. The van der Waals surface area contributed by atoms with Gasteiger partial charge in [-0.05, 0) is 17.7 Å². The first-order valence-electron chi connectivity index (χ1n) is 4.03. The number of carboxylic acids is 1. The Labute approximate surface area is 89.5 Å².